The van der Waals surface area contributed by atoms with Crippen molar-refractivity contribution in [1.82, 2.24) is 4.98 Å². The van der Waals surface area contributed by atoms with Gasteiger partial charge in [-0.15, -0.1) is 0 Å². The van der Waals surface area contributed by atoms with Crippen LogP contribution in [0.1, 0.15) is 37.6 Å². The summed E-state index contributed by atoms with van der Waals surface area (Å²) in [4.78, 5) is 4.35. The standard InChI is InChI=1S/C24H24N3O/c1-15-6-8-18-19-9-7-17(14-25)26-23(19)28-22(18)21(15)20-12-16(10-11-27(20)5)13-24(2,3)4/h6-12H,13H2,1-5H3/q+1. The molecule has 0 atom stereocenters. The molecule has 0 N–H and O–H groups in total. The van der Waals surface area contributed by atoms with Gasteiger partial charge in [-0.3, -0.25) is 0 Å². The molecule has 0 aliphatic carbocycles. The third-order valence-electron chi connectivity index (χ3n) is 5.03. The van der Waals surface area contributed by atoms with E-state index in [9.17, 15) is 0 Å². The second-order valence-electron chi connectivity index (χ2n) is 8.67. The largest absolute Gasteiger partial charge is 0.437 e. The lowest BCUT2D eigenvalue weighted by Gasteiger charge is -2.18. The smallest absolute Gasteiger partial charge is 0.228 e. The van der Waals surface area contributed by atoms with E-state index in [1.165, 1.54) is 5.56 Å². The van der Waals surface area contributed by atoms with Crippen LogP contribution in [0.2, 0.25) is 0 Å². The molecule has 0 unspecified atom stereocenters. The Kier molecular flexibility index (Phi) is 4.19. The number of nitrogens with zero attached hydrogens (tertiary/aromatic N) is 3. The molecule has 4 rings (SSSR count). The molecule has 28 heavy (non-hydrogen) atoms. The van der Waals surface area contributed by atoms with Crippen molar-refractivity contribution in [2.24, 2.45) is 12.5 Å². The number of hydrogen-bond acceptors (Lipinski definition) is 3. The molecule has 3 aromatic heterocycles. The fraction of sp³-hybridized carbons (Fsp3) is 0.292. The molecule has 1 aromatic carbocycles. The SMILES string of the molecule is Cc1ccc2c(oc3nc(C#N)ccc32)c1-c1cc(CC(C)(C)C)cc[n+]1C. The lowest BCUT2D eigenvalue weighted by atomic mass is 9.88. The molecule has 4 nitrogen and oxygen atoms in total. The Morgan fingerprint density at radius 1 is 1.11 bits per heavy atom. The topological polar surface area (TPSA) is 53.7 Å². The molecule has 0 spiro atoms. The fourth-order valence-corrected chi connectivity index (χ4v) is 3.78. The van der Waals surface area contributed by atoms with Crippen molar-refractivity contribution in [2.75, 3.05) is 0 Å². The maximum Gasteiger partial charge on any atom is 0.228 e. The van der Waals surface area contributed by atoms with Gasteiger partial charge in [0.15, 0.2) is 11.8 Å². The highest BCUT2D eigenvalue weighted by Crippen LogP contribution is 2.36. The van der Waals surface area contributed by atoms with Crippen molar-refractivity contribution in [3.63, 3.8) is 0 Å². The predicted molar refractivity (Wildman–Crippen MR) is 111 cm³/mol. The molecule has 0 saturated heterocycles. The van der Waals surface area contributed by atoms with Crippen LogP contribution < -0.4 is 4.57 Å². The zero-order valence-electron chi connectivity index (χ0n) is 17.0. The first kappa shape index (κ1) is 18.2. The van der Waals surface area contributed by atoms with Crippen LogP contribution in [-0.2, 0) is 13.5 Å². The fourth-order valence-electron chi connectivity index (χ4n) is 3.78. The number of nitriles is 1. The van der Waals surface area contributed by atoms with Gasteiger partial charge in [-0.25, -0.2) is 9.55 Å². The van der Waals surface area contributed by atoms with Gasteiger partial charge >= 0.3 is 0 Å². The van der Waals surface area contributed by atoms with E-state index in [0.717, 1.165) is 39.6 Å². The number of aryl methyl sites for hydroxylation is 2. The molecular weight excluding hydrogens is 346 g/mol. The van der Waals surface area contributed by atoms with Crippen molar-refractivity contribution in [3.05, 3.63) is 59.4 Å². The number of pyridine rings is 2. The van der Waals surface area contributed by atoms with Crippen LogP contribution in [0.15, 0.2) is 47.0 Å². The molecule has 0 bridgehead atoms. The number of rotatable bonds is 2. The van der Waals surface area contributed by atoms with Crippen molar-refractivity contribution in [1.29, 1.82) is 5.26 Å². The Morgan fingerprint density at radius 2 is 1.86 bits per heavy atom. The Labute approximate surface area is 165 Å². The highest BCUT2D eigenvalue weighted by atomic mass is 16.3. The van der Waals surface area contributed by atoms with Gasteiger partial charge in [-0.1, -0.05) is 32.9 Å². The van der Waals surface area contributed by atoms with Gasteiger partial charge in [0.1, 0.15) is 18.8 Å². The van der Waals surface area contributed by atoms with Crippen molar-refractivity contribution in [3.8, 4) is 17.3 Å². The molecule has 0 aliphatic rings. The molecule has 0 amide bonds. The Morgan fingerprint density at radius 3 is 2.57 bits per heavy atom. The van der Waals surface area contributed by atoms with E-state index in [2.05, 4.69) is 80.8 Å². The quantitative estimate of drug-likeness (QED) is 0.453. The van der Waals surface area contributed by atoms with E-state index in [1.807, 2.05) is 6.07 Å². The lowest BCUT2D eigenvalue weighted by Crippen LogP contribution is -2.31. The van der Waals surface area contributed by atoms with Gasteiger partial charge in [-0.2, -0.15) is 5.26 Å². The van der Waals surface area contributed by atoms with Crippen LogP contribution in [0, 0.1) is 23.7 Å². The summed E-state index contributed by atoms with van der Waals surface area (Å²) in [6.07, 6.45) is 3.12. The first-order valence-electron chi connectivity index (χ1n) is 9.49. The minimum Gasteiger partial charge on any atom is -0.437 e. The van der Waals surface area contributed by atoms with E-state index in [-0.39, 0.29) is 5.41 Å². The third kappa shape index (κ3) is 3.14. The normalized spacial score (nSPS) is 11.9. The van der Waals surface area contributed by atoms with Gasteiger partial charge in [0.05, 0.1) is 5.56 Å². The first-order valence-corrected chi connectivity index (χ1v) is 9.49. The monoisotopic (exact) mass is 370 g/mol. The molecule has 4 aromatic rings. The van der Waals surface area contributed by atoms with Gasteiger partial charge in [0.25, 0.3) is 0 Å². The van der Waals surface area contributed by atoms with Crippen molar-refractivity contribution >= 4 is 22.1 Å². The maximum absolute atomic E-state index is 9.15. The summed E-state index contributed by atoms with van der Waals surface area (Å²) in [5, 5.41) is 11.1. The number of benzene rings is 1. The number of fused-ring (bicyclic) bond motifs is 3. The zero-order valence-corrected chi connectivity index (χ0v) is 17.0. The summed E-state index contributed by atoms with van der Waals surface area (Å²) in [6, 6.07) is 14.4. The second kappa shape index (κ2) is 6.45. The van der Waals surface area contributed by atoms with E-state index in [4.69, 9.17) is 9.68 Å². The predicted octanol–water partition coefficient (Wildman–Crippen LogP) is 5.24. The minimum absolute atomic E-state index is 0.217. The summed E-state index contributed by atoms with van der Waals surface area (Å²) in [5.74, 6) is 0. The average molecular weight is 370 g/mol. The number of aromatic nitrogens is 2. The summed E-state index contributed by atoms with van der Waals surface area (Å²) >= 11 is 0. The lowest BCUT2D eigenvalue weighted by molar-refractivity contribution is -0.660. The van der Waals surface area contributed by atoms with E-state index < -0.39 is 0 Å². The van der Waals surface area contributed by atoms with Gasteiger partial charge < -0.3 is 4.42 Å². The average Bonchev–Trinajstić information content (AvgIpc) is 2.99. The van der Waals surface area contributed by atoms with Gasteiger partial charge in [-0.05, 0) is 42.0 Å². The minimum atomic E-state index is 0.217. The van der Waals surface area contributed by atoms with Crippen LogP contribution in [0.5, 0.6) is 0 Å². The molecule has 0 fully saturated rings. The molecule has 0 saturated carbocycles. The summed E-state index contributed by atoms with van der Waals surface area (Å²) in [6.45, 7) is 8.86. The summed E-state index contributed by atoms with van der Waals surface area (Å²) in [5.41, 5.74) is 6.55. The molecule has 140 valence electrons. The summed E-state index contributed by atoms with van der Waals surface area (Å²) in [7, 11) is 2.06. The molecule has 4 heteroatoms. The van der Waals surface area contributed by atoms with Crippen LogP contribution in [-0.4, -0.2) is 4.98 Å². The highest BCUT2D eigenvalue weighted by molar-refractivity contribution is 6.08. The third-order valence-corrected chi connectivity index (χ3v) is 5.03. The highest BCUT2D eigenvalue weighted by Gasteiger charge is 2.22. The molecule has 0 aliphatic heterocycles. The molecule has 3 heterocycles. The Hall–Kier alpha value is -3.19. The van der Waals surface area contributed by atoms with Crippen LogP contribution in [0.25, 0.3) is 33.3 Å². The van der Waals surface area contributed by atoms with E-state index in [0.29, 0.717) is 11.4 Å². The number of furan rings is 1. The molecule has 0 radical (unpaired) electrons. The Balaban J connectivity index is 1.99. The number of hydrogen-bond donors (Lipinski definition) is 0. The van der Waals surface area contributed by atoms with Gasteiger partial charge in [0.2, 0.25) is 11.4 Å². The van der Waals surface area contributed by atoms with Crippen molar-refractivity contribution < 1.29 is 8.98 Å². The van der Waals surface area contributed by atoms with E-state index >= 15 is 0 Å². The summed E-state index contributed by atoms with van der Waals surface area (Å²) < 4.78 is 8.32. The zero-order chi connectivity index (χ0) is 20.1. The first-order chi connectivity index (χ1) is 13.3. The van der Waals surface area contributed by atoms with Gasteiger partial charge in [0, 0.05) is 22.9 Å². The molecular formula is C24H24N3O+. The van der Waals surface area contributed by atoms with E-state index in [1.54, 1.807) is 6.07 Å². The van der Waals surface area contributed by atoms with Crippen molar-refractivity contribution in [2.45, 2.75) is 34.1 Å². The Bertz CT molecular complexity index is 1250. The van der Waals surface area contributed by atoms with Crippen LogP contribution in [0.4, 0.5) is 0 Å². The second-order valence-corrected chi connectivity index (χ2v) is 8.67. The van der Waals surface area contributed by atoms with Crippen LogP contribution >= 0.6 is 0 Å². The van der Waals surface area contributed by atoms with Crippen LogP contribution in [0.3, 0.4) is 0 Å². The maximum atomic E-state index is 9.15.